The van der Waals surface area contributed by atoms with Crippen molar-refractivity contribution in [3.63, 3.8) is 0 Å². The summed E-state index contributed by atoms with van der Waals surface area (Å²) in [5.41, 5.74) is 3.65. The number of carbonyl (C=O) groups is 1. The molecule has 1 spiro atoms. The van der Waals surface area contributed by atoms with Crippen molar-refractivity contribution in [1.29, 1.82) is 0 Å². The molecule has 4 heteroatoms. The van der Waals surface area contributed by atoms with Crippen LogP contribution in [0.2, 0.25) is 0 Å². The molecule has 0 bridgehead atoms. The molecule has 2 aliphatic heterocycles. The minimum absolute atomic E-state index is 0.0376. The quantitative estimate of drug-likeness (QED) is 0.619. The highest BCUT2D eigenvalue weighted by Crippen LogP contribution is 2.56. The molecular formula is C26H25N3O. The Kier molecular flexibility index (Phi) is 4.07. The van der Waals surface area contributed by atoms with E-state index in [1.807, 2.05) is 71.7 Å². The first-order chi connectivity index (χ1) is 14.4. The van der Waals surface area contributed by atoms with E-state index in [9.17, 15) is 4.79 Å². The summed E-state index contributed by atoms with van der Waals surface area (Å²) in [4.78, 5) is 13.9. The van der Waals surface area contributed by atoms with E-state index in [1.165, 1.54) is 0 Å². The third-order valence-corrected chi connectivity index (χ3v) is 6.07. The molecule has 1 N–H and O–H groups in total. The van der Waals surface area contributed by atoms with Gasteiger partial charge in [-0.15, -0.1) is 0 Å². The Morgan fingerprint density at radius 2 is 1.47 bits per heavy atom. The number of carbonyl (C=O) groups excluding carboxylic acids is 1. The lowest BCUT2D eigenvalue weighted by Gasteiger charge is -2.38. The minimum Gasteiger partial charge on any atom is -0.323 e. The zero-order valence-electron chi connectivity index (χ0n) is 17.5. The molecule has 2 heterocycles. The molecule has 5 rings (SSSR count). The highest BCUT2D eigenvalue weighted by Gasteiger charge is 2.63. The molecule has 150 valence electrons. The lowest BCUT2D eigenvalue weighted by molar-refractivity contribution is -0.120. The van der Waals surface area contributed by atoms with Gasteiger partial charge >= 0.3 is 0 Å². The van der Waals surface area contributed by atoms with Crippen LogP contribution in [0.5, 0.6) is 0 Å². The molecule has 2 atom stereocenters. The molecule has 4 nitrogen and oxygen atoms in total. The maximum absolute atomic E-state index is 13.9. The van der Waals surface area contributed by atoms with E-state index in [-0.39, 0.29) is 17.2 Å². The number of nitrogens with zero attached hydrogens (tertiary/aromatic N) is 2. The largest absolute Gasteiger partial charge is 0.323 e. The van der Waals surface area contributed by atoms with Crippen molar-refractivity contribution in [3.05, 3.63) is 96.1 Å². The molecule has 2 aliphatic rings. The second-order valence-electron chi connectivity index (χ2n) is 8.99. The second-order valence-corrected chi connectivity index (χ2v) is 8.99. The van der Waals surface area contributed by atoms with Crippen molar-refractivity contribution in [2.24, 2.45) is 10.5 Å². The average molecular weight is 396 g/mol. The molecule has 0 radical (unpaired) electrons. The van der Waals surface area contributed by atoms with Crippen LogP contribution in [0.4, 0.5) is 11.4 Å². The summed E-state index contributed by atoms with van der Waals surface area (Å²) >= 11 is 0. The molecule has 3 aromatic carbocycles. The normalized spacial score (nSPS) is 22.8. The number of anilines is 2. The van der Waals surface area contributed by atoms with Crippen molar-refractivity contribution in [2.45, 2.75) is 32.2 Å². The van der Waals surface area contributed by atoms with E-state index < -0.39 is 5.54 Å². The fourth-order valence-electron chi connectivity index (χ4n) is 4.78. The number of benzene rings is 3. The first-order valence-corrected chi connectivity index (χ1v) is 10.3. The Labute approximate surface area is 177 Å². The Bertz CT molecular complexity index is 1130. The molecule has 0 saturated heterocycles. The second kappa shape index (κ2) is 6.56. The van der Waals surface area contributed by atoms with Gasteiger partial charge in [0.05, 0.1) is 17.3 Å². The number of rotatable bonds is 2. The van der Waals surface area contributed by atoms with Gasteiger partial charge in [-0.3, -0.25) is 4.79 Å². The van der Waals surface area contributed by atoms with Crippen molar-refractivity contribution in [3.8, 4) is 0 Å². The predicted octanol–water partition coefficient (Wildman–Crippen LogP) is 5.54. The Morgan fingerprint density at radius 3 is 2.13 bits per heavy atom. The maximum Gasteiger partial charge on any atom is 0.258 e. The highest BCUT2D eigenvalue weighted by atomic mass is 16.2. The molecule has 1 amide bonds. The van der Waals surface area contributed by atoms with Gasteiger partial charge in [-0.1, -0.05) is 87.5 Å². The Morgan fingerprint density at radius 1 is 0.867 bits per heavy atom. The SMILES string of the molecule is CC(C)(C)C1=NN(c2ccccc2)[C@]2(C(=O)Nc3ccccc32)[C@H]1c1ccccc1. The summed E-state index contributed by atoms with van der Waals surface area (Å²) in [7, 11) is 0. The molecule has 3 aromatic rings. The summed E-state index contributed by atoms with van der Waals surface area (Å²) in [6, 6.07) is 28.3. The van der Waals surface area contributed by atoms with Gasteiger partial charge in [-0.25, -0.2) is 5.01 Å². The smallest absolute Gasteiger partial charge is 0.258 e. The molecule has 0 saturated carbocycles. The van der Waals surface area contributed by atoms with Gasteiger partial charge in [0.15, 0.2) is 5.54 Å². The van der Waals surface area contributed by atoms with Crippen molar-refractivity contribution in [1.82, 2.24) is 0 Å². The summed E-state index contributed by atoms with van der Waals surface area (Å²) in [6.45, 7) is 6.51. The number of hydrogen-bond donors (Lipinski definition) is 1. The van der Waals surface area contributed by atoms with Crippen LogP contribution in [0.1, 0.15) is 37.8 Å². The van der Waals surface area contributed by atoms with Crippen LogP contribution in [0.25, 0.3) is 0 Å². The summed E-state index contributed by atoms with van der Waals surface area (Å²) in [5, 5.41) is 10.3. The third kappa shape index (κ3) is 2.53. The van der Waals surface area contributed by atoms with E-state index in [2.05, 4.69) is 44.3 Å². The minimum atomic E-state index is -0.970. The number of fused-ring (bicyclic) bond motifs is 2. The first-order valence-electron chi connectivity index (χ1n) is 10.3. The highest BCUT2D eigenvalue weighted by molar-refractivity contribution is 6.16. The van der Waals surface area contributed by atoms with E-state index in [0.29, 0.717) is 0 Å². The molecule has 30 heavy (non-hydrogen) atoms. The number of hydrogen-bond acceptors (Lipinski definition) is 3. The summed E-state index contributed by atoms with van der Waals surface area (Å²) < 4.78 is 0. The van der Waals surface area contributed by atoms with E-state index in [0.717, 1.165) is 28.2 Å². The zero-order valence-corrected chi connectivity index (χ0v) is 17.5. The van der Waals surface area contributed by atoms with E-state index >= 15 is 0 Å². The molecule has 0 fully saturated rings. The van der Waals surface area contributed by atoms with Gasteiger partial charge in [-0.05, 0) is 23.8 Å². The lowest BCUT2D eigenvalue weighted by atomic mass is 9.68. The Hall–Kier alpha value is -3.40. The zero-order chi connectivity index (χ0) is 20.9. The summed E-state index contributed by atoms with van der Waals surface area (Å²) in [6.07, 6.45) is 0. The topological polar surface area (TPSA) is 44.7 Å². The van der Waals surface area contributed by atoms with E-state index in [4.69, 9.17) is 5.10 Å². The van der Waals surface area contributed by atoms with Crippen LogP contribution in [0.3, 0.4) is 0 Å². The van der Waals surface area contributed by atoms with Crippen molar-refractivity contribution < 1.29 is 4.79 Å². The predicted molar refractivity (Wildman–Crippen MR) is 122 cm³/mol. The van der Waals surface area contributed by atoms with Crippen molar-refractivity contribution in [2.75, 3.05) is 10.3 Å². The van der Waals surface area contributed by atoms with Crippen LogP contribution in [-0.4, -0.2) is 11.6 Å². The number of para-hydroxylation sites is 2. The molecule has 0 aliphatic carbocycles. The molecule has 0 aromatic heterocycles. The fourth-order valence-corrected chi connectivity index (χ4v) is 4.78. The standard InChI is InChI=1S/C26H25N3O/c1-25(2,3)23-22(18-12-6-4-7-13-18)26(29(28-23)19-14-8-5-9-15-19)20-16-10-11-17-21(20)27-24(26)30/h4-17,22H,1-3H3,(H,27,30)/t22-,26-/m0/s1. The van der Waals surface area contributed by atoms with E-state index in [1.54, 1.807) is 0 Å². The molecular weight excluding hydrogens is 370 g/mol. The van der Waals surface area contributed by atoms with Crippen LogP contribution < -0.4 is 10.3 Å². The maximum atomic E-state index is 13.9. The van der Waals surface area contributed by atoms with Crippen LogP contribution in [0, 0.1) is 5.41 Å². The van der Waals surface area contributed by atoms with Crippen molar-refractivity contribution >= 4 is 23.0 Å². The molecule has 0 unspecified atom stereocenters. The summed E-state index contributed by atoms with van der Waals surface area (Å²) in [5.74, 6) is -0.244. The third-order valence-electron chi connectivity index (χ3n) is 6.07. The van der Waals surface area contributed by atoms with Gasteiger partial charge in [0.2, 0.25) is 0 Å². The van der Waals surface area contributed by atoms with Gasteiger partial charge < -0.3 is 5.32 Å². The first kappa shape index (κ1) is 18.6. The fraction of sp³-hybridized carbons (Fsp3) is 0.231. The van der Waals surface area contributed by atoms with Gasteiger partial charge in [0, 0.05) is 16.7 Å². The van der Waals surface area contributed by atoms with Gasteiger partial charge in [-0.2, -0.15) is 5.10 Å². The van der Waals surface area contributed by atoms with Crippen LogP contribution >= 0.6 is 0 Å². The van der Waals surface area contributed by atoms with Gasteiger partial charge in [0.25, 0.3) is 5.91 Å². The Balaban J connectivity index is 1.86. The number of hydrazone groups is 1. The number of amides is 1. The average Bonchev–Trinajstić information content (AvgIpc) is 3.26. The lowest BCUT2D eigenvalue weighted by Crippen LogP contribution is -2.51. The van der Waals surface area contributed by atoms with Gasteiger partial charge in [0.1, 0.15) is 0 Å². The van der Waals surface area contributed by atoms with Crippen LogP contribution in [0.15, 0.2) is 90.0 Å². The monoisotopic (exact) mass is 395 g/mol. The van der Waals surface area contributed by atoms with Crippen LogP contribution in [-0.2, 0) is 10.3 Å². The number of nitrogens with one attached hydrogen (secondary N) is 1.